The van der Waals surface area contributed by atoms with Crippen LogP contribution in [0.3, 0.4) is 0 Å². The maximum atomic E-state index is 12.6. The second kappa shape index (κ2) is 7.42. The monoisotopic (exact) mass is 326 g/mol. The van der Waals surface area contributed by atoms with Crippen LogP contribution in [0.25, 0.3) is 0 Å². The molecule has 0 bridgehead atoms. The molecular weight excluding hydrogens is 308 g/mol. The summed E-state index contributed by atoms with van der Waals surface area (Å²) < 4.78 is 0. The molecule has 0 unspecified atom stereocenters. The molecule has 0 aliphatic carbocycles. The molecule has 4 heteroatoms. The van der Waals surface area contributed by atoms with E-state index in [1.165, 1.54) is 0 Å². The van der Waals surface area contributed by atoms with Crippen molar-refractivity contribution >= 4 is 28.9 Å². The fourth-order valence-electron chi connectivity index (χ4n) is 2.71. The van der Waals surface area contributed by atoms with Gasteiger partial charge in [-0.3, -0.25) is 9.79 Å². The number of para-hydroxylation sites is 1. The van der Waals surface area contributed by atoms with Crippen LogP contribution in [-0.2, 0) is 0 Å². The standard InChI is InChI=1S/C19H19ClN2O/c20-16-11-9-15(10-12-16)18(23)14-22(17-6-2-1-3-7-17)19-8-4-5-13-21-19/h1-3,6-7,9-12H,4-5,8,13-14H2. The van der Waals surface area contributed by atoms with Gasteiger partial charge < -0.3 is 4.90 Å². The van der Waals surface area contributed by atoms with Crippen LogP contribution in [0.15, 0.2) is 59.6 Å². The number of ketones is 1. The highest BCUT2D eigenvalue weighted by atomic mass is 35.5. The van der Waals surface area contributed by atoms with Gasteiger partial charge in [-0.2, -0.15) is 0 Å². The van der Waals surface area contributed by atoms with Gasteiger partial charge in [-0.25, -0.2) is 0 Å². The van der Waals surface area contributed by atoms with E-state index >= 15 is 0 Å². The molecule has 3 nitrogen and oxygen atoms in total. The first-order valence-electron chi connectivity index (χ1n) is 7.89. The van der Waals surface area contributed by atoms with Gasteiger partial charge in [0.05, 0.1) is 6.54 Å². The third-order valence-electron chi connectivity index (χ3n) is 3.95. The second-order valence-electron chi connectivity index (χ2n) is 5.61. The van der Waals surface area contributed by atoms with Crippen LogP contribution in [0.5, 0.6) is 0 Å². The molecule has 0 aromatic heterocycles. The van der Waals surface area contributed by atoms with Crippen molar-refractivity contribution in [2.45, 2.75) is 19.3 Å². The van der Waals surface area contributed by atoms with Gasteiger partial charge in [0.1, 0.15) is 5.84 Å². The molecule has 0 fully saturated rings. The number of amidine groups is 1. The summed E-state index contributed by atoms with van der Waals surface area (Å²) in [4.78, 5) is 19.3. The maximum Gasteiger partial charge on any atom is 0.182 e. The van der Waals surface area contributed by atoms with Crippen LogP contribution >= 0.6 is 11.6 Å². The normalized spacial score (nSPS) is 14.2. The molecule has 1 heterocycles. The molecule has 118 valence electrons. The van der Waals surface area contributed by atoms with E-state index in [4.69, 9.17) is 11.6 Å². The number of carbonyl (C=O) groups is 1. The minimum absolute atomic E-state index is 0.0683. The van der Waals surface area contributed by atoms with Crippen LogP contribution in [0.4, 0.5) is 5.69 Å². The van der Waals surface area contributed by atoms with E-state index in [2.05, 4.69) is 4.99 Å². The zero-order valence-electron chi connectivity index (χ0n) is 12.9. The van der Waals surface area contributed by atoms with Crippen LogP contribution < -0.4 is 4.90 Å². The molecule has 0 saturated heterocycles. The molecule has 0 N–H and O–H groups in total. The highest BCUT2D eigenvalue weighted by molar-refractivity contribution is 6.30. The van der Waals surface area contributed by atoms with E-state index in [0.717, 1.165) is 37.3 Å². The summed E-state index contributed by atoms with van der Waals surface area (Å²) in [6.07, 6.45) is 3.16. The minimum Gasteiger partial charge on any atom is -0.322 e. The lowest BCUT2D eigenvalue weighted by Gasteiger charge is -2.27. The summed E-state index contributed by atoms with van der Waals surface area (Å²) in [6.45, 7) is 1.14. The van der Waals surface area contributed by atoms with Crippen molar-refractivity contribution in [1.82, 2.24) is 0 Å². The first-order valence-corrected chi connectivity index (χ1v) is 8.26. The van der Waals surface area contributed by atoms with E-state index in [0.29, 0.717) is 17.1 Å². The van der Waals surface area contributed by atoms with Gasteiger partial charge in [-0.05, 0) is 49.2 Å². The average molecular weight is 327 g/mol. The fraction of sp³-hybridized carbons (Fsp3) is 0.263. The third-order valence-corrected chi connectivity index (χ3v) is 4.20. The first kappa shape index (κ1) is 15.8. The Bertz CT molecular complexity index is 695. The van der Waals surface area contributed by atoms with Crippen molar-refractivity contribution in [1.29, 1.82) is 0 Å². The molecule has 2 aromatic rings. The zero-order valence-corrected chi connectivity index (χ0v) is 13.7. The van der Waals surface area contributed by atoms with Crippen molar-refractivity contribution in [3.05, 3.63) is 65.2 Å². The molecular formula is C19H19ClN2O. The van der Waals surface area contributed by atoms with Gasteiger partial charge in [0.25, 0.3) is 0 Å². The van der Waals surface area contributed by atoms with Gasteiger partial charge in [0, 0.05) is 29.2 Å². The maximum absolute atomic E-state index is 12.6. The van der Waals surface area contributed by atoms with Crippen molar-refractivity contribution in [3.63, 3.8) is 0 Å². The number of halogens is 1. The summed E-state index contributed by atoms with van der Waals surface area (Å²) in [6, 6.07) is 17.0. The van der Waals surface area contributed by atoms with Crippen LogP contribution in [-0.4, -0.2) is 24.7 Å². The van der Waals surface area contributed by atoms with Crippen molar-refractivity contribution in [2.75, 3.05) is 18.0 Å². The van der Waals surface area contributed by atoms with Gasteiger partial charge in [0.15, 0.2) is 5.78 Å². The van der Waals surface area contributed by atoms with E-state index in [1.807, 2.05) is 35.2 Å². The number of anilines is 1. The lowest BCUT2D eigenvalue weighted by atomic mass is 10.1. The van der Waals surface area contributed by atoms with Gasteiger partial charge in [0.2, 0.25) is 0 Å². The largest absolute Gasteiger partial charge is 0.322 e. The smallest absolute Gasteiger partial charge is 0.182 e. The Balaban J connectivity index is 1.85. The summed E-state index contributed by atoms with van der Waals surface area (Å²) in [5.41, 5.74) is 1.68. The zero-order chi connectivity index (χ0) is 16.1. The first-order chi connectivity index (χ1) is 11.2. The van der Waals surface area contributed by atoms with Crippen LogP contribution in [0, 0.1) is 0 Å². The molecule has 1 aliphatic rings. The second-order valence-corrected chi connectivity index (χ2v) is 6.04. The summed E-state index contributed by atoms with van der Waals surface area (Å²) in [5.74, 6) is 1.07. The van der Waals surface area contributed by atoms with Crippen molar-refractivity contribution in [2.24, 2.45) is 4.99 Å². The van der Waals surface area contributed by atoms with E-state index in [-0.39, 0.29) is 5.78 Å². The quantitative estimate of drug-likeness (QED) is 0.768. The summed E-state index contributed by atoms with van der Waals surface area (Å²) in [5, 5.41) is 0.637. The highest BCUT2D eigenvalue weighted by Crippen LogP contribution is 2.20. The number of nitrogens with zero attached hydrogens (tertiary/aromatic N) is 2. The minimum atomic E-state index is 0.0683. The van der Waals surface area contributed by atoms with E-state index in [1.54, 1.807) is 24.3 Å². The lowest BCUT2D eigenvalue weighted by Crippen LogP contribution is -2.37. The number of benzene rings is 2. The Kier molecular flexibility index (Phi) is 5.09. The Labute approximate surface area is 141 Å². The van der Waals surface area contributed by atoms with Gasteiger partial charge >= 0.3 is 0 Å². The average Bonchev–Trinajstić information content (AvgIpc) is 2.61. The molecule has 1 aliphatic heterocycles. The molecule has 0 spiro atoms. The number of hydrogen-bond donors (Lipinski definition) is 0. The molecule has 0 saturated carbocycles. The van der Waals surface area contributed by atoms with Crippen LogP contribution in [0.2, 0.25) is 5.02 Å². The predicted octanol–water partition coefficient (Wildman–Crippen LogP) is 4.61. The van der Waals surface area contributed by atoms with Gasteiger partial charge in [-0.15, -0.1) is 0 Å². The molecule has 0 radical (unpaired) electrons. The molecule has 0 amide bonds. The molecule has 23 heavy (non-hydrogen) atoms. The number of rotatable bonds is 4. The molecule has 0 atom stereocenters. The topological polar surface area (TPSA) is 32.7 Å². The van der Waals surface area contributed by atoms with Crippen molar-refractivity contribution in [3.8, 4) is 0 Å². The Morgan fingerprint density at radius 1 is 1.04 bits per heavy atom. The van der Waals surface area contributed by atoms with Crippen LogP contribution in [0.1, 0.15) is 29.6 Å². The third kappa shape index (κ3) is 3.99. The number of Topliss-reactive ketones (excluding diaryl/α,β-unsaturated/α-hetero) is 1. The van der Waals surface area contributed by atoms with Crippen molar-refractivity contribution < 1.29 is 4.79 Å². The van der Waals surface area contributed by atoms with Gasteiger partial charge in [-0.1, -0.05) is 29.8 Å². The Morgan fingerprint density at radius 2 is 1.78 bits per heavy atom. The number of aliphatic imine (C=N–C) groups is 1. The Hall–Kier alpha value is -2.13. The predicted molar refractivity (Wildman–Crippen MR) is 95.7 cm³/mol. The highest BCUT2D eigenvalue weighted by Gasteiger charge is 2.19. The number of carbonyl (C=O) groups excluding carboxylic acids is 1. The van der Waals surface area contributed by atoms with E-state index < -0.39 is 0 Å². The summed E-state index contributed by atoms with van der Waals surface area (Å²) >= 11 is 5.90. The summed E-state index contributed by atoms with van der Waals surface area (Å²) in [7, 11) is 0. The SMILES string of the molecule is O=C(CN(C1=NCCCC1)c1ccccc1)c1ccc(Cl)cc1. The molecule has 2 aromatic carbocycles. The molecule has 3 rings (SSSR count). The lowest BCUT2D eigenvalue weighted by molar-refractivity contribution is 0.100. The van der Waals surface area contributed by atoms with E-state index in [9.17, 15) is 4.79 Å². The Morgan fingerprint density at radius 3 is 2.43 bits per heavy atom. The number of hydrogen-bond acceptors (Lipinski definition) is 3. The fourth-order valence-corrected chi connectivity index (χ4v) is 2.84.